The third kappa shape index (κ3) is 3.61. The first-order valence-corrected chi connectivity index (χ1v) is 6.27. The summed E-state index contributed by atoms with van der Waals surface area (Å²) in [7, 11) is 0. The summed E-state index contributed by atoms with van der Waals surface area (Å²) in [4.78, 5) is 0. The van der Waals surface area contributed by atoms with Crippen LogP contribution in [-0.4, -0.2) is 5.11 Å². The summed E-state index contributed by atoms with van der Waals surface area (Å²) in [6.45, 7) is 1.90. The summed E-state index contributed by atoms with van der Waals surface area (Å²) in [6, 6.07) is 12.4. The van der Waals surface area contributed by atoms with Gasteiger partial charge in [-0.3, -0.25) is 0 Å². The topological polar surface area (TPSA) is 20.2 Å². The van der Waals surface area contributed by atoms with E-state index in [9.17, 15) is 18.3 Å². The smallest absolute Gasteiger partial charge is 0.388 e. The van der Waals surface area contributed by atoms with Gasteiger partial charge in [0.25, 0.3) is 0 Å². The lowest BCUT2D eigenvalue weighted by Gasteiger charge is -2.13. The summed E-state index contributed by atoms with van der Waals surface area (Å²) in [5.74, 6) is 0. The van der Waals surface area contributed by atoms with E-state index in [4.69, 9.17) is 0 Å². The van der Waals surface area contributed by atoms with Crippen molar-refractivity contribution in [2.45, 2.75) is 25.6 Å². The van der Waals surface area contributed by atoms with Gasteiger partial charge < -0.3 is 5.11 Å². The average molecular weight is 280 g/mol. The number of aryl methyl sites for hydroxylation is 1. The molecule has 0 fully saturated rings. The maximum Gasteiger partial charge on any atom is 0.416 e. The van der Waals surface area contributed by atoms with Crippen LogP contribution in [0, 0.1) is 6.92 Å². The first-order chi connectivity index (χ1) is 9.36. The lowest BCUT2D eigenvalue weighted by molar-refractivity contribution is -0.137. The van der Waals surface area contributed by atoms with Gasteiger partial charge in [-0.2, -0.15) is 13.2 Å². The van der Waals surface area contributed by atoms with E-state index in [0.29, 0.717) is 11.1 Å². The van der Waals surface area contributed by atoms with Crippen LogP contribution < -0.4 is 0 Å². The van der Waals surface area contributed by atoms with Crippen molar-refractivity contribution in [3.8, 4) is 0 Å². The molecule has 1 atom stereocenters. The summed E-state index contributed by atoms with van der Waals surface area (Å²) in [5.41, 5.74) is 1.49. The Hall–Kier alpha value is -1.81. The SMILES string of the molecule is Cc1cccc(C(O)Cc2cccc(C(F)(F)F)c2)c1. The second-order valence-corrected chi connectivity index (χ2v) is 4.83. The van der Waals surface area contributed by atoms with Crippen molar-refractivity contribution < 1.29 is 18.3 Å². The fourth-order valence-electron chi connectivity index (χ4n) is 2.09. The minimum absolute atomic E-state index is 0.160. The van der Waals surface area contributed by atoms with Gasteiger partial charge in [-0.05, 0) is 24.1 Å². The first kappa shape index (κ1) is 14.6. The molecule has 1 unspecified atom stereocenters. The molecule has 0 aliphatic carbocycles. The van der Waals surface area contributed by atoms with Crippen molar-refractivity contribution in [1.29, 1.82) is 0 Å². The largest absolute Gasteiger partial charge is 0.416 e. The van der Waals surface area contributed by atoms with Gasteiger partial charge in [0.2, 0.25) is 0 Å². The van der Waals surface area contributed by atoms with Crippen molar-refractivity contribution in [3.63, 3.8) is 0 Å². The molecule has 0 amide bonds. The van der Waals surface area contributed by atoms with Crippen molar-refractivity contribution in [2.24, 2.45) is 0 Å². The Morgan fingerprint density at radius 2 is 1.75 bits per heavy atom. The minimum atomic E-state index is -4.36. The second-order valence-electron chi connectivity index (χ2n) is 4.83. The molecule has 2 aromatic carbocycles. The van der Waals surface area contributed by atoms with Gasteiger partial charge >= 0.3 is 6.18 Å². The highest BCUT2D eigenvalue weighted by molar-refractivity contribution is 5.29. The van der Waals surface area contributed by atoms with Crippen LogP contribution in [0.15, 0.2) is 48.5 Å². The molecule has 2 rings (SSSR count). The molecule has 0 saturated carbocycles. The zero-order valence-electron chi connectivity index (χ0n) is 11.0. The molecular formula is C16H15F3O. The Morgan fingerprint density at radius 3 is 2.40 bits per heavy atom. The van der Waals surface area contributed by atoms with Gasteiger partial charge in [-0.1, -0.05) is 48.0 Å². The van der Waals surface area contributed by atoms with Crippen molar-refractivity contribution in [3.05, 3.63) is 70.8 Å². The second kappa shape index (κ2) is 5.67. The van der Waals surface area contributed by atoms with E-state index in [2.05, 4.69) is 0 Å². The lowest BCUT2D eigenvalue weighted by atomic mass is 9.99. The standard InChI is InChI=1S/C16H15F3O/c1-11-4-2-6-13(8-11)15(20)10-12-5-3-7-14(9-12)16(17,18)19/h2-9,15,20H,10H2,1H3. The maximum absolute atomic E-state index is 12.6. The first-order valence-electron chi connectivity index (χ1n) is 6.27. The number of aliphatic hydroxyl groups is 1. The highest BCUT2D eigenvalue weighted by Gasteiger charge is 2.30. The Kier molecular flexibility index (Phi) is 4.14. The van der Waals surface area contributed by atoms with Crippen LogP contribution in [0.25, 0.3) is 0 Å². The van der Waals surface area contributed by atoms with Crippen LogP contribution >= 0.6 is 0 Å². The molecular weight excluding hydrogens is 265 g/mol. The van der Waals surface area contributed by atoms with E-state index >= 15 is 0 Å². The van der Waals surface area contributed by atoms with Crippen molar-refractivity contribution >= 4 is 0 Å². The zero-order chi connectivity index (χ0) is 14.8. The number of hydrogen-bond acceptors (Lipinski definition) is 1. The van der Waals surface area contributed by atoms with Crippen LogP contribution in [0.2, 0.25) is 0 Å². The molecule has 0 saturated heterocycles. The molecule has 0 aromatic heterocycles. The normalized spacial score (nSPS) is 13.2. The van der Waals surface area contributed by atoms with Crippen molar-refractivity contribution in [1.82, 2.24) is 0 Å². The van der Waals surface area contributed by atoms with Crippen LogP contribution in [0.4, 0.5) is 13.2 Å². The molecule has 106 valence electrons. The summed E-state index contributed by atoms with van der Waals surface area (Å²) in [6.07, 6.45) is -5.00. The van der Waals surface area contributed by atoms with Crippen LogP contribution in [-0.2, 0) is 12.6 Å². The van der Waals surface area contributed by atoms with Gasteiger partial charge in [0, 0.05) is 6.42 Å². The number of rotatable bonds is 3. The molecule has 0 aliphatic heterocycles. The van der Waals surface area contributed by atoms with Crippen LogP contribution in [0.3, 0.4) is 0 Å². The molecule has 1 nitrogen and oxygen atoms in total. The number of aliphatic hydroxyl groups excluding tert-OH is 1. The quantitative estimate of drug-likeness (QED) is 0.889. The molecule has 0 spiro atoms. The van der Waals surface area contributed by atoms with E-state index in [-0.39, 0.29) is 6.42 Å². The number of benzene rings is 2. The van der Waals surface area contributed by atoms with E-state index in [0.717, 1.165) is 17.7 Å². The van der Waals surface area contributed by atoms with Gasteiger partial charge in [-0.25, -0.2) is 0 Å². The number of halogens is 3. The predicted octanol–water partition coefficient (Wildman–Crippen LogP) is 4.29. The molecule has 20 heavy (non-hydrogen) atoms. The number of alkyl halides is 3. The van der Waals surface area contributed by atoms with Crippen LogP contribution in [0.5, 0.6) is 0 Å². The fraction of sp³-hybridized carbons (Fsp3) is 0.250. The predicted molar refractivity (Wildman–Crippen MR) is 71.3 cm³/mol. The molecule has 0 aliphatic rings. The highest BCUT2D eigenvalue weighted by atomic mass is 19.4. The van der Waals surface area contributed by atoms with E-state index in [1.54, 1.807) is 12.1 Å². The van der Waals surface area contributed by atoms with Crippen LogP contribution in [0.1, 0.15) is 28.4 Å². The van der Waals surface area contributed by atoms with Gasteiger partial charge in [0.15, 0.2) is 0 Å². The molecule has 0 radical (unpaired) electrons. The lowest BCUT2D eigenvalue weighted by Crippen LogP contribution is -2.07. The maximum atomic E-state index is 12.6. The molecule has 0 heterocycles. The Bertz CT molecular complexity index is 590. The molecule has 2 aromatic rings. The minimum Gasteiger partial charge on any atom is -0.388 e. The van der Waals surface area contributed by atoms with E-state index in [1.165, 1.54) is 6.07 Å². The van der Waals surface area contributed by atoms with E-state index in [1.807, 2.05) is 25.1 Å². The Morgan fingerprint density at radius 1 is 1.05 bits per heavy atom. The zero-order valence-corrected chi connectivity index (χ0v) is 11.0. The Balaban J connectivity index is 2.18. The third-order valence-corrected chi connectivity index (χ3v) is 3.11. The molecule has 0 bridgehead atoms. The van der Waals surface area contributed by atoms with Crippen molar-refractivity contribution in [2.75, 3.05) is 0 Å². The summed E-state index contributed by atoms with van der Waals surface area (Å²) in [5, 5.41) is 10.1. The Labute approximate surface area is 115 Å². The fourth-order valence-corrected chi connectivity index (χ4v) is 2.09. The summed E-state index contributed by atoms with van der Waals surface area (Å²) < 4.78 is 37.9. The summed E-state index contributed by atoms with van der Waals surface area (Å²) >= 11 is 0. The van der Waals surface area contributed by atoms with Gasteiger partial charge in [0.1, 0.15) is 0 Å². The molecule has 4 heteroatoms. The van der Waals surface area contributed by atoms with E-state index < -0.39 is 17.8 Å². The molecule has 1 N–H and O–H groups in total. The third-order valence-electron chi connectivity index (χ3n) is 3.11. The average Bonchev–Trinajstić information content (AvgIpc) is 2.38. The number of hydrogen-bond donors (Lipinski definition) is 1. The highest BCUT2D eigenvalue weighted by Crippen LogP contribution is 2.30. The van der Waals surface area contributed by atoms with Gasteiger partial charge in [-0.15, -0.1) is 0 Å². The monoisotopic (exact) mass is 280 g/mol. The van der Waals surface area contributed by atoms with Gasteiger partial charge in [0.05, 0.1) is 11.7 Å².